The van der Waals surface area contributed by atoms with E-state index in [0.717, 1.165) is 6.26 Å². The van der Waals surface area contributed by atoms with Crippen LogP contribution in [0.15, 0.2) is 27.2 Å². The molecule has 0 bridgehead atoms. The first-order valence-corrected chi connectivity index (χ1v) is 9.71. The molecule has 12 heteroatoms. The minimum atomic E-state index is -3.08. The van der Waals surface area contributed by atoms with Crippen molar-refractivity contribution in [1.29, 1.82) is 0 Å². The molecule has 0 fully saturated rings. The van der Waals surface area contributed by atoms with Crippen LogP contribution in [0.25, 0.3) is 0 Å². The highest BCUT2D eigenvalue weighted by Gasteiger charge is 2.19. The van der Waals surface area contributed by atoms with Crippen LogP contribution in [0.4, 0.5) is 10.1 Å². The molecule has 0 atom stereocenters. The lowest BCUT2D eigenvalue weighted by atomic mass is 10.3. The van der Waals surface area contributed by atoms with Crippen LogP contribution in [-0.4, -0.2) is 43.2 Å². The van der Waals surface area contributed by atoms with Crippen molar-refractivity contribution < 1.29 is 22.2 Å². The average molecular weight is 409 g/mol. The number of halogens is 2. The van der Waals surface area contributed by atoms with Gasteiger partial charge in [0.15, 0.2) is 5.84 Å². The summed E-state index contributed by atoms with van der Waals surface area (Å²) in [5, 5.41) is 10.0. The fourth-order valence-corrected chi connectivity index (χ4v) is 2.72. The number of nitrogens with zero attached hydrogens (tertiary/aromatic N) is 3. The molecule has 0 saturated carbocycles. The molecule has 1 N–H and O–H groups in total. The first-order valence-electron chi connectivity index (χ1n) is 6.88. The van der Waals surface area contributed by atoms with Gasteiger partial charge in [-0.3, -0.25) is 0 Å². The lowest BCUT2D eigenvalue weighted by Crippen LogP contribution is -2.16. The molecule has 0 saturated heterocycles. The predicted molar refractivity (Wildman–Crippen MR) is 94.7 cm³/mol. The first kappa shape index (κ1) is 19.5. The smallest absolute Gasteiger partial charge is 0.287 e. The highest BCUT2D eigenvalue weighted by Crippen LogP contribution is 2.21. The average Bonchev–Trinajstić information content (AvgIpc) is 3.00. The monoisotopic (exact) mass is 408 g/mol. The van der Waals surface area contributed by atoms with E-state index < -0.39 is 15.7 Å². The summed E-state index contributed by atoms with van der Waals surface area (Å²) >= 11 is 9.57. The molecule has 2 rings (SSSR count). The molecule has 0 aliphatic rings. The number of hydrogen-bond donors (Lipinski definition) is 2. The van der Waals surface area contributed by atoms with E-state index in [9.17, 15) is 12.8 Å². The Morgan fingerprint density at radius 2 is 2.24 bits per heavy atom. The highest BCUT2D eigenvalue weighted by molar-refractivity contribution is 7.90. The Morgan fingerprint density at radius 3 is 2.88 bits per heavy atom. The fourth-order valence-electron chi connectivity index (χ4n) is 1.75. The maximum absolute atomic E-state index is 13.2. The van der Waals surface area contributed by atoms with E-state index >= 15 is 0 Å². The Labute approximate surface area is 153 Å². The zero-order chi connectivity index (χ0) is 18.4. The number of anilines is 1. The van der Waals surface area contributed by atoms with Gasteiger partial charge in [0.05, 0.1) is 17.4 Å². The van der Waals surface area contributed by atoms with Gasteiger partial charge in [0.2, 0.25) is 5.69 Å². The molecular weight excluding hydrogens is 395 g/mol. The van der Waals surface area contributed by atoms with Crippen LogP contribution >= 0.6 is 24.4 Å². The van der Waals surface area contributed by atoms with Gasteiger partial charge in [-0.15, -0.1) is 0 Å². The number of thiol groups is 1. The standard InChI is InChI=1S/C13H14ClFN4O4S2/c1-25(20,21)6-2-5-22-13-11(17-23-18-13)12(19-24)16-8-3-4-10(15)9(14)7-8/h3-4,7,24H,2,5-6H2,1H3,(H,16,19). The van der Waals surface area contributed by atoms with Crippen LogP contribution in [0, 0.1) is 5.82 Å². The summed E-state index contributed by atoms with van der Waals surface area (Å²) in [6.45, 7) is 0.0938. The third kappa shape index (κ3) is 5.87. The van der Waals surface area contributed by atoms with Crippen LogP contribution in [-0.2, 0) is 9.84 Å². The molecule has 1 aromatic heterocycles. The predicted octanol–water partition coefficient (Wildman–Crippen LogP) is 2.38. The molecule has 0 unspecified atom stereocenters. The lowest BCUT2D eigenvalue weighted by molar-refractivity contribution is 0.255. The first-order chi connectivity index (χ1) is 11.8. The second-order valence-corrected chi connectivity index (χ2v) is 7.82. The summed E-state index contributed by atoms with van der Waals surface area (Å²) in [4.78, 5) is 0. The minimum Gasteiger partial charge on any atom is -0.474 e. The Hall–Kier alpha value is -1.85. The van der Waals surface area contributed by atoms with Crippen molar-refractivity contribution in [2.24, 2.45) is 4.40 Å². The van der Waals surface area contributed by atoms with Crippen LogP contribution in [0.1, 0.15) is 12.1 Å². The van der Waals surface area contributed by atoms with E-state index in [1.807, 2.05) is 0 Å². The van der Waals surface area contributed by atoms with Crippen molar-refractivity contribution in [3.63, 3.8) is 0 Å². The van der Waals surface area contributed by atoms with Gasteiger partial charge in [-0.05, 0) is 47.7 Å². The van der Waals surface area contributed by atoms with E-state index in [2.05, 4.69) is 37.5 Å². The molecule has 1 aromatic carbocycles. The number of aromatic nitrogens is 2. The lowest BCUT2D eigenvalue weighted by Gasteiger charge is -2.08. The Balaban J connectivity index is 2.06. The Kier molecular flexibility index (Phi) is 6.62. The molecule has 0 amide bonds. The van der Waals surface area contributed by atoms with Gasteiger partial charge in [0.1, 0.15) is 15.7 Å². The van der Waals surface area contributed by atoms with Crippen molar-refractivity contribution >= 4 is 45.8 Å². The summed E-state index contributed by atoms with van der Waals surface area (Å²) in [7, 11) is -3.08. The van der Waals surface area contributed by atoms with Crippen LogP contribution < -0.4 is 10.1 Å². The fraction of sp³-hybridized carbons (Fsp3) is 0.308. The van der Waals surface area contributed by atoms with Crippen molar-refractivity contribution in [3.8, 4) is 5.88 Å². The Bertz CT molecular complexity index is 873. The zero-order valence-corrected chi connectivity index (χ0v) is 15.4. The summed E-state index contributed by atoms with van der Waals surface area (Å²) in [6.07, 6.45) is 1.42. The molecule has 8 nitrogen and oxygen atoms in total. The molecule has 0 aliphatic heterocycles. The molecule has 0 radical (unpaired) electrons. The van der Waals surface area contributed by atoms with Crippen molar-refractivity contribution in [3.05, 3.63) is 34.7 Å². The van der Waals surface area contributed by atoms with Gasteiger partial charge in [-0.1, -0.05) is 11.6 Å². The topological polar surface area (TPSA) is 107 Å². The van der Waals surface area contributed by atoms with Crippen LogP contribution in [0.2, 0.25) is 5.02 Å². The number of nitrogens with one attached hydrogen (secondary N) is 1. The van der Waals surface area contributed by atoms with Crippen LogP contribution in [0.5, 0.6) is 5.88 Å². The van der Waals surface area contributed by atoms with Crippen LogP contribution in [0.3, 0.4) is 0 Å². The molecular formula is C13H14ClFN4O4S2. The second kappa shape index (κ2) is 8.50. The largest absolute Gasteiger partial charge is 0.474 e. The van der Waals surface area contributed by atoms with E-state index in [1.54, 1.807) is 0 Å². The molecule has 2 aromatic rings. The molecule has 136 valence electrons. The quantitative estimate of drug-likeness (QED) is 0.313. The van der Waals surface area contributed by atoms with Gasteiger partial charge >= 0.3 is 0 Å². The summed E-state index contributed by atoms with van der Waals surface area (Å²) in [5.74, 6) is -0.435. The number of rotatable bonds is 7. The van der Waals surface area contributed by atoms with Gasteiger partial charge in [0.25, 0.3) is 5.88 Å². The molecule has 0 spiro atoms. The van der Waals surface area contributed by atoms with Gasteiger partial charge in [0, 0.05) is 11.9 Å². The highest BCUT2D eigenvalue weighted by atomic mass is 35.5. The van der Waals surface area contributed by atoms with E-state index in [0.29, 0.717) is 5.69 Å². The number of sulfone groups is 1. The SMILES string of the molecule is CS(=O)(=O)CCCOc1nonc1/C(=N/S)Nc1ccc(F)c(Cl)c1. The summed E-state index contributed by atoms with van der Waals surface area (Å²) in [5.41, 5.74) is 0.556. The maximum Gasteiger partial charge on any atom is 0.287 e. The van der Waals surface area contributed by atoms with Gasteiger partial charge in [-0.25, -0.2) is 17.4 Å². The van der Waals surface area contributed by atoms with E-state index in [-0.39, 0.29) is 41.2 Å². The number of benzene rings is 1. The summed E-state index contributed by atoms with van der Waals surface area (Å²) < 4.78 is 49.1. The molecule has 1 heterocycles. The normalized spacial score (nSPS) is 12.2. The Morgan fingerprint density at radius 1 is 1.48 bits per heavy atom. The third-order valence-corrected chi connectivity index (χ3v) is 4.38. The van der Waals surface area contributed by atoms with Crippen molar-refractivity contribution in [2.75, 3.05) is 23.9 Å². The van der Waals surface area contributed by atoms with Gasteiger partial charge in [-0.2, -0.15) is 4.40 Å². The van der Waals surface area contributed by atoms with E-state index in [4.69, 9.17) is 16.3 Å². The zero-order valence-electron chi connectivity index (χ0n) is 12.9. The third-order valence-electron chi connectivity index (χ3n) is 2.86. The van der Waals surface area contributed by atoms with E-state index in [1.165, 1.54) is 18.2 Å². The minimum absolute atomic E-state index is 0.0157. The molecule has 25 heavy (non-hydrogen) atoms. The summed E-state index contributed by atoms with van der Waals surface area (Å²) in [6, 6.07) is 3.99. The molecule has 0 aliphatic carbocycles. The second-order valence-electron chi connectivity index (χ2n) is 4.95. The number of amidine groups is 1. The van der Waals surface area contributed by atoms with Crippen molar-refractivity contribution in [1.82, 2.24) is 10.3 Å². The van der Waals surface area contributed by atoms with Gasteiger partial charge < -0.3 is 10.1 Å². The van der Waals surface area contributed by atoms with Crippen molar-refractivity contribution in [2.45, 2.75) is 6.42 Å². The number of hydrogen-bond acceptors (Lipinski definition) is 8. The number of ether oxygens (including phenoxy) is 1. The maximum atomic E-state index is 13.2.